The summed E-state index contributed by atoms with van der Waals surface area (Å²) in [6.07, 6.45) is 0. The van der Waals surface area contributed by atoms with E-state index in [1.165, 1.54) is 20.1 Å². The van der Waals surface area contributed by atoms with E-state index in [2.05, 4.69) is 10.3 Å². The van der Waals surface area contributed by atoms with Crippen LogP contribution in [0.25, 0.3) is 11.3 Å². The van der Waals surface area contributed by atoms with Gasteiger partial charge >= 0.3 is 0 Å². The Bertz CT molecular complexity index is 704. The summed E-state index contributed by atoms with van der Waals surface area (Å²) in [5.74, 6) is -0.280. The highest BCUT2D eigenvalue weighted by Crippen LogP contribution is 2.33. The third-order valence-electron chi connectivity index (χ3n) is 2.86. The third-order valence-corrected chi connectivity index (χ3v) is 3.10. The molecule has 0 atom stereocenters. The fraction of sp³-hybridized carbons (Fsp3) is 0.200. The number of ether oxygens (including phenoxy) is 1. The van der Waals surface area contributed by atoms with Gasteiger partial charge in [-0.05, 0) is 31.2 Å². The minimum atomic E-state index is -0.478. The molecule has 0 saturated carbocycles. The highest BCUT2D eigenvalue weighted by molar-refractivity contribution is 6.30. The Morgan fingerprint density at radius 2 is 2.10 bits per heavy atom. The summed E-state index contributed by atoms with van der Waals surface area (Å²) in [5, 5.41) is 2.96. The molecule has 0 spiro atoms. The van der Waals surface area contributed by atoms with Crippen LogP contribution in [0.15, 0.2) is 24.3 Å². The predicted octanol–water partition coefficient (Wildman–Crippen LogP) is 3.82. The molecule has 2 aromatic rings. The van der Waals surface area contributed by atoms with Gasteiger partial charge in [-0.3, -0.25) is 4.79 Å². The Kier molecular flexibility index (Phi) is 4.43. The maximum absolute atomic E-state index is 14.0. The first-order valence-electron chi connectivity index (χ1n) is 6.21. The van der Waals surface area contributed by atoms with E-state index in [0.29, 0.717) is 33.4 Å². The monoisotopic (exact) mass is 308 g/mol. The smallest absolute Gasteiger partial charge is 0.221 e. The Morgan fingerprint density at radius 1 is 1.38 bits per heavy atom. The Labute approximate surface area is 126 Å². The zero-order valence-corrected chi connectivity index (χ0v) is 12.6. The van der Waals surface area contributed by atoms with E-state index in [1.807, 2.05) is 0 Å². The number of hydrogen-bond donors (Lipinski definition) is 1. The van der Waals surface area contributed by atoms with Crippen LogP contribution in [0.3, 0.4) is 0 Å². The van der Waals surface area contributed by atoms with Crippen molar-refractivity contribution >= 4 is 23.2 Å². The number of halogens is 2. The van der Waals surface area contributed by atoms with Crippen molar-refractivity contribution in [1.29, 1.82) is 0 Å². The Hall–Kier alpha value is -2.14. The quantitative estimate of drug-likeness (QED) is 0.938. The average molecular weight is 309 g/mol. The molecule has 1 amide bonds. The van der Waals surface area contributed by atoms with E-state index < -0.39 is 5.82 Å². The zero-order valence-electron chi connectivity index (χ0n) is 11.8. The molecule has 1 N–H and O–H groups in total. The first kappa shape index (κ1) is 15.3. The zero-order chi connectivity index (χ0) is 15.6. The van der Waals surface area contributed by atoms with E-state index in [4.69, 9.17) is 16.3 Å². The molecule has 6 heteroatoms. The second-order valence-corrected chi connectivity index (χ2v) is 4.92. The van der Waals surface area contributed by atoms with Gasteiger partial charge in [0.05, 0.1) is 24.2 Å². The van der Waals surface area contributed by atoms with Crippen LogP contribution in [0.5, 0.6) is 5.75 Å². The minimum Gasteiger partial charge on any atom is -0.493 e. The molecule has 0 fully saturated rings. The summed E-state index contributed by atoms with van der Waals surface area (Å²) in [4.78, 5) is 15.6. The topological polar surface area (TPSA) is 51.2 Å². The van der Waals surface area contributed by atoms with Gasteiger partial charge in [0.15, 0.2) is 5.75 Å². The van der Waals surface area contributed by atoms with Crippen molar-refractivity contribution in [2.24, 2.45) is 0 Å². The van der Waals surface area contributed by atoms with Crippen molar-refractivity contribution in [2.75, 3.05) is 12.4 Å². The SMILES string of the molecule is COc1c(NC(C)=O)cc(-c2ccc(Cl)cc2F)nc1C. The number of amides is 1. The molecule has 0 radical (unpaired) electrons. The van der Waals surface area contributed by atoms with Crippen LogP contribution >= 0.6 is 11.6 Å². The number of benzene rings is 1. The molecule has 110 valence electrons. The van der Waals surface area contributed by atoms with Gasteiger partial charge in [0.2, 0.25) is 5.91 Å². The van der Waals surface area contributed by atoms with E-state index in [1.54, 1.807) is 25.1 Å². The molecule has 0 saturated heterocycles. The van der Waals surface area contributed by atoms with Crippen LogP contribution in [0.2, 0.25) is 5.02 Å². The van der Waals surface area contributed by atoms with Crippen LogP contribution in [-0.4, -0.2) is 18.0 Å². The standard InChI is InChI=1S/C15H14ClFN2O2/c1-8-15(21-3)14(19-9(2)20)7-13(18-8)11-5-4-10(16)6-12(11)17/h4-7H,1-3H3,(H,18,19,20). The number of anilines is 1. The van der Waals surface area contributed by atoms with Gasteiger partial charge in [0.1, 0.15) is 5.82 Å². The van der Waals surface area contributed by atoms with Crippen LogP contribution in [-0.2, 0) is 4.79 Å². The summed E-state index contributed by atoms with van der Waals surface area (Å²) in [5.41, 5.74) is 1.69. The number of carbonyl (C=O) groups excluding carboxylic acids is 1. The van der Waals surface area contributed by atoms with Crippen LogP contribution in [0, 0.1) is 12.7 Å². The van der Waals surface area contributed by atoms with Gasteiger partial charge in [-0.2, -0.15) is 0 Å². The van der Waals surface area contributed by atoms with Crippen molar-refractivity contribution in [3.63, 3.8) is 0 Å². The summed E-state index contributed by atoms with van der Waals surface area (Å²) in [6.45, 7) is 3.11. The lowest BCUT2D eigenvalue weighted by Crippen LogP contribution is -2.09. The molecule has 4 nitrogen and oxygen atoms in total. The first-order valence-corrected chi connectivity index (χ1v) is 6.59. The summed E-state index contributed by atoms with van der Waals surface area (Å²) in [7, 11) is 1.48. The fourth-order valence-electron chi connectivity index (χ4n) is 2.04. The summed E-state index contributed by atoms with van der Waals surface area (Å²) >= 11 is 5.75. The number of methoxy groups -OCH3 is 1. The maximum atomic E-state index is 14.0. The molecule has 1 heterocycles. The number of nitrogens with zero attached hydrogens (tertiary/aromatic N) is 1. The van der Waals surface area contributed by atoms with Gasteiger partial charge in [-0.25, -0.2) is 9.37 Å². The molecule has 0 aliphatic rings. The Balaban J connectivity index is 2.59. The molecular formula is C15H14ClFN2O2. The fourth-order valence-corrected chi connectivity index (χ4v) is 2.20. The van der Waals surface area contributed by atoms with E-state index in [9.17, 15) is 9.18 Å². The molecule has 0 aliphatic carbocycles. The second kappa shape index (κ2) is 6.10. The molecule has 1 aromatic carbocycles. The average Bonchev–Trinajstić information content (AvgIpc) is 2.37. The number of aryl methyl sites for hydroxylation is 1. The molecule has 21 heavy (non-hydrogen) atoms. The molecular weight excluding hydrogens is 295 g/mol. The molecule has 1 aromatic heterocycles. The van der Waals surface area contributed by atoms with Crippen molar-refractivity contribution in [1.82, 2.24) is 4.98 Å². The minimum absolute atomic E-state index is 0.249. The normalized spacial score (nSPS) is 10.3. The number of carbonyl (C=O) groups is 1. The number of pyridine rings is 1. The van der Waals surface area contributed by atoms with Crippen LogP contribution < -0.4 is 10.1 Å². The van der Waals surface area contributed by atoms with Crippen LogP contribution in [0.4, 0.5) is 10.1 Å². The van der Waals surface area contributed by atoms with Crippen molar-refractivity contribution in [3.8, 4) is 17.0 Å². The number of nitrogens with one attached hydrogen (secondary N) is 1. The Morgan fingerprint density at radius 3 is 2.67 bits per heavy atom. The second-order valence-electron chi connectivity index (χ2n) is 4.48. The molecule has 2 rings (SSSR count). The molecule has 0 unspecified atom stereocenters. The lowest BCUT2D eigenvalue weighted by Gasteiger charge is -2.14. The molecule has 0 aliphatic heterocycles. The van der Waals surface area contributed by atoms with Gasteiger partial charge < -0.3 is 10.1 Å². The number of hydrogen-bond acceptors (Lipinski definition) is 3. The van der Waals surface area contributed by atoms with Crippen LogP contribution in [0.1, 0.15) is 12.6 Å². The van der Waals surface area contributed by atoms with Gasteiger partial charge in [-0.15, -0.1) is 0 Å². The van der Waals surface area contributed by atoms with Gasteiger partial charge in [0.25, 0.3) is 0 Å². The van der Waals surface area contributed by atoms with E-state index in [0.717, 1.165) is 0 Å². The first-order chi connectivity index (χ1) is 9.92. The largest absolute Gasteiger partial charge is 0.493 e. The van der Waals surface area contributed by atoms with Crippen molar-refractivity contribution < 1.29 is 13.9 Å². The lowest BCUT2D eigenvalue weighted by atomic mass is 10.1. The predicted molar refractivity (Wildman–Crippen MR) is 80.2 cm³/mol. The maximum Gasteiger partial charge on any atom is 0.221 e. The van der Waals surface area contributed by atoms with E-state index >= 15 is 0 Å². The number of aromatic nitrogens is 1. The molecule has 0 bridgehead atoms. The van der Waals surface area contributed by atoms with Gasteiger partial charge in [0, 0.05) is 17.5 Å². The number of rotatable bonds is 3. The van der Waals surface area contributed by atoms with Gasteiger partial charge in [-0.1, -0.05) is 11.6 Å². The highest BCUT2D eigenvalue weighted by atomic mass is 35.5. The highest BCUT2D eigenvalue weighted by Gasteiger charge is 2.15. The summed E-state index contributed by atoms with van der Waals surface area (Å²) in [6, 6.07) is 5.92. The lowest BCUT2D eigenvalue weighted by molar-refractivity contribution is -0.114. The third kappa shape index (κ3) is 3.31. The van der Waals surface area contributed by atoms with E-state index in [-0.39, 0.29) is 5.91 Å². The van der Waals surface area contributed by atoms with Crippen molar-refractivity contribution in [2.45, 2.75) is 13.8 Å². The summed E-state index contributed by atoms with van der Waals surface area (Å²) < 4.78 is 19.2. The van der Waals surface area contributed by atoms with Crippen molar-refractivity contribution in [3.05, 3.63) is 40.8 Å².